The summed E-state index contributed by atoms with van der Waals surface area (Å²) in [5.41, 5.74) is 4.10. The summed E-state index contributed by atoms with van der Waals surface area (Å²) < 4.78 is 2.72. The molecule has 0 fully saturated rings. The smallest absolute Gasteiger partial charge is 0.179 e. The molecule has 0 aliphatic carbocycles. The Bertz CT molecular complexity index is 817. The number of hydrogen-bond acceptors (Lipinski definition) is 2. The third-order valence-corrected chi connectivity index (χ3v) is 3.98. The molecule has 1 atom stereocenters. The molecule has 0 bridgehead atoms. The first-order chi connectivity index (χ1) is 9.56. The van der Waals surface area contributed by atoms with Crippen LogP contribution in [0.3, 0.4) is 0 Å². The van der Waals surface area contributed by atoms with E-state index in [0.29, 0.717) is 4.77 Å². The van der Waals surface area contributed by atoms with Crippen LogP contribution in [-0.2, 0) is 0 Å². The van der Waals surface area contributed by atoms with Crippen molar-refractivity contribution in [1.82, 2.24) is 14.5 Å². The highest BCUT2D eigenvalue weighted by molar-refractivity contribution is 7.71. The maximum absolute atomic E-state index is 5.94. The van der Waals surface area contributed by atoms with E-state index in [4.69, 9.17) is 23.8 Å². The van der Waals surface area contributed by atoms with Crippen LogP contribution in [0.5, 0.6) is 0 Å². The fourth-order valence-corrected chi connectivity index (χ4v) is 2.85. The molecule has 3 nitrogen and oxygen atoms in total. The molecule has 0 aliphatic rings. The van der Waals surface area contributed by atoms with Gasteiger partial charge in [0, 0.05) is 11.2 Å². The summed E-state index contributed by atoms with van der Waals surface area (Å²) in [6, 6.07) is 9.98. The van der Waals surface area contributed by atoms with Crippen molar-refractivity contribution >= 4 is 35.0 Å². The predicted octanol–water partition coefficient (Wildman–Crippen LogP) is 4.67. The second-order valence-electron chi connectivity index (χ2n) is 4.91. The number of aryl methyl sites for hydroxylation is 1. The van der Waals surface area contributed by atoms with Gasteiger partial charge in [-0.05, 0) is 55.4 Å². The Morgan fingerprint density at radius 2 is 2.00 bits per heavy atom. The Morgan fingerprint density at radius 3 is 2.70 bits per heavy atom. The number of aromatic amines is 1. The molecule has 1 aromatic carbocycles. The molecule has 0 amide bonds. The van der Waals surface area contributed by atoms with Crippen LogP contribution in [0.15, 0.2) is 36.5 Å². The highest BCUT2D eigenvalue weighted by Gasteiger charge is 2.14. The molecule has 0 spiro atoms. The fraction of sp³-hybridized carbons (Fsp3) is 0.200. The Hall–Kier alpha value is -1.65. The third kappa shape index (κ3) is 2.25. The van der Waals surface area contributed by atoms with Crippen LogP contribution in [-0.4, -0.2) is 14.5 Å². The molecular formula is C15H14ClN3S. The second kappa shape index (κ2) is 5.04. The predicted molar refractivity (Wildman–Crippen MR) is 84.9 cm³/mol. The molecule has 1 unspecified atom stereocenters. The summed E-state index contributed by atoms with van der Waals surface area (Å²) in [5.74, 6) is 0. The minimum Gasteiger partial charge on any atom is -0.329 e. The zero-order valence-corrected chi connectivity index (χ0v) is 12.8. The van der Waals surface area contributed by atoms with E-state index >= 15 is 0 Å². The molecule has 1 N–H and O–H groups in total. The monoisotopic (exact) mass is 303 g/mol. The lowest BCUT2D eigenvalue weighted by Gasteiger charge is -2.14. The van der Waals surface area contributed by atoms with Gasteiger partial charge in [0.1, 0.15) is 0 Å². The fourth-order valence-electron chi connectivity index (χ4n) is 2.37. The van der Waals surface area contributed by atoms with Crippen LogP contribution in [0.4, 0.5) is 0 Å². The minimum atomic E-state index is 0.101. The summed E-state index contributed by atoms with van der Waals surface area (Å²) in [7, 11) is 0. The number of pyridine rings is 1. The van der Waals surface area contributed by atoms with E-state index in [1.807, 2.05) is 42.0 Å². The number of nitrogens with zero attached hydrogens (tertiary/aromatic N) is 2. The zero-order chi connectivity index (χ0) is 14.3. The normalized spacial score (nSPS) is 12.8. The number of rotatable bonds is 2. The molecule has 3 aromatic rings. The van der Waals surface area contributed by atoms with Crippen molar-refractivity contribution in [3.05, 3.63) is 57.4 Å². The van der Waals surface area contributed by atoms with Gasteiger partial charge in [-0.25, -0.2) is 4.98 Å². The van der Waals surface area contributed by atoms with Crippen molar-refractivity contribution in [2.45, 2.75) is 19.9 Å². The van der Waals surface area contributed by atoms with Gasteiger partial charge in [0.05, 0.1) is 11.6 Å². The molecule has 3 rings (SSSR count). The van der Waals surface area contributed by atoms with Crippen LogP contribution in [0.2, 0.25) is 5.02 Å². The number of benzene rings is 1. The van der Waals surface area contributed by atoms with Crippen molar-refractivity contribution in [2.24, 2.45) is 0 Å². The van der Waals surface area contributed by atoms with Gasteiger partial charge in [-0.1, -0.05) is 23.7 Å². The molecule has 0 radical (unpaired) electrons. The lowest BCUT2D eigenvalue weighted by molar-refractivity contribution is 0.644. The van der Waals surface area contributed by atoms with E-state index < -0.39 is 0 Å². The SMILES string of the molecule is Cc1cnc2c(c1)[nH]c(=S)n2C(C)c1ccc(Cl)cc1. The van der Waals surface area contributed by atoms with Crippen molar-refractivity contribution in [3.63, 3.8) is 0 Å². The Balaban J connectivity index is 2.16. The quantitative estimate of drug-likeness (QED) is 0.698. The molecule has 2 heterocycles. The van der Waals surface area contributed by atoms with Gasteiger partial charge >= 0.3 is 0 Å². The van der Waals surface area contributed by atoms with Gasteiger partial charge in [0.2, 0.25) is 0 Å². The van der Waals surface area contributed by atoms with E-state index in [0.717, 1.165) is 27.3 Å². The van der Waals surface area contributed by atoms with Gasteiger partial charge in [-0.15, -0.1) is 0 Å². The number of nitrogens with one attached hydrogen (secondary N) is 1. The average Bonchev–Trinajstić information content (AvgIpc) is 2.73. The van der Waals surface area contributed by atoms with Crippen LogP contribution in [0.25, 0.3) is 11.2 Å². The summed E-state index contributed by atoms with van der Waals surface area (Å²) in [5, 5.41) is 0.734. The van der Waals surface area contributed by atoms with Crippen molar-refractivity contribution < 1.29 is 0 Å². The van der Waals surface area contributed by atoms with Crippen LogP contribution < -0.4 is 0 Å². The molecule has 2 aromatic heterocycles. The Morgan fingerprint density at radius 1 is 1.30 bits per heavy atom. The van der Waals surface area contributed by atoms with E-state index in [2.05, 4.69) is 23.0 Å². The highest BCUT2D eigenvalue weighted by Crippen LogP contribution is 2.24. The topological polar surface area (TPSA) is 33.6 Å². The molecule has 0 saturated carbocycles. The first-order valence-corrected chi connectivity index (χ1v) is 7.17. The standard InChI is InChI=1S/C15H14ClN3S/c1-9-7-13-14(17-8-9)19(15(20)18-13)10(2)11-3-5-12(16)6-4-11/h3-8,10H,1-2H3,(H,18,20). The third-order valence-electron chi connectivity index (χ3n) is 3.43. The molecule has 0 saturated heterocycles. The van der Waals surface area contributed by atoms with E-state index in [1.54, 1.807) is 0 Å². The van der Waals surface area contributed by atoms with Gasteiger partial charge in [-0.3, -0.25) is 4.57 Å². The number of H-pyrrole nitrogens is 1. The number of halogens is 1. The molecule has 5 heteroatoms. The number of fused-ring (bicyclic) bond motifs is 1. The average molecular weight is 304 g/mol. The van der Waals surface area contributed by atoms with Crippen molar-refractivity contribution in [2.75, 3.05) is 0 Å². The number of imidazole rings is 1. The van der Waals surface area contributed by atoms with Gasteiger partial charge in [0.25, 0.3) is 0 Å². The summed E-state index contributed by atoms with van der Waals surface area (Å²) in [6.45, 7) is 4.12. The summed E-state index contributed by atoms with van der Waals surface area (Å²) in [4.78, 5) is 7.72. The van der Waals surface area contributed by atoms with Crippen LogP contribution in [0, 0.1) is 11.7 Å². The zero-order valence-electron chi connectivity index (χ0n) is 11.2. The van der Waals surface area contributed by atoms with E-state index in [-0.39, 0.29) is 6.04 Å². The first kappa shape index (κ1) is 13.3. The Labute approximate surface area is 127 Å². The molecular weight excluding hydrogens is 290 g/mol. The lowest BCUT2D eigenvalue weighted by atomic mass is 10.1. The van der Waals surface area contributed by atoms with Crippen LogP contribution in [0.1, 0.15) is 24.1 Å². The van der Waals surface area contributed by atoms with E-state index in [9.17, 15) is 0 Å². The molecule has 0 aliphatic heterocycles. The molecule has 102 valence electrons. The van der Waals surface area contributed by atoms with Gasteiger partial charge in [-0.2, -0.15) is 0 Å². The van der Waals surface area contributed by atoms with Crippen LogP contribution >= 0.6 is 23.8 Å². The number of hydrogen-bond donors (Lipinski definition) is 1. The highest BCUT2D eigenvalue weighted by atomic mass is 35.5. The maximum atomic E-state index is 5.94. The molecule has 20 heavy (non-hydrogen) atoms. The minimum absolute atomic E-state index is 0.101. The first-order valence-electron chi connectivity index (χ1n) is 6.38. The Kier molecular flexibility index (Phi) is 3.36. The van der Waals surface area contributed by atoms with E-state index in [1.165, 1.54) is 0 Å². The van der Waals surface area contributed by atoms with Crippen molar-refractivity contribution in [1.29, 1.82) is 0 Å². The maximum Gasteiger partial charge on any atom is 0.179 e. The van der Waals surface area contributed by atoms with Crippen molar-refractivity contribution in [3.8, 4) is 0 Å². The summed E-state index contributed by atoms with van der Waals surface area (Å²) in [6.07, 6.45) is 1.86. The van der Waals surface area contributed by atoms with Gasteiger partial charge in [0.15, 0.2) is 10.4 Å². The second-order valence-corrected chi connectivity index (χ2v) is 5.73. The van der Waals surface area contributed by atoms with Gasteiger partial charge < -0.3 is 4.98 Å². The largest absolute Gasteiger partial charge is 0.329 e. The summed E-state index contributed by atoms with van der Waals surface area (Å²) >= 11 is 11.4. The lowest BCUT2D eigenvalue weighted by Crippen LogP contribution is -2.07. The number of aromatic nitrogens is 3.